The molecule has 0 rings (SSSR count). The van der Waals surface area contributed by atoms with E-state index in [9.17, 15) is 0 Å². The molecule has 0 aliphatic carbocycles. The third-order valence-corrected chi connectivity index (χ3v) is 16.4. The van der Waals surface area contributed by atoms with Crippen molar-refractivity contribution in [1.29, 1.82) is 0 Å². The fourth-order valence-corrected chi connectivity index (χ4v) is 10.2. The predicted molar refractivity (Wildman–Crippen MR) is 83.9 cm³/mol. The molecule has 0 aromatic carbocycles. The Morgan fingerprint density at radius 1 is 0.562 bits per heavy atom. The van der Waals surface area contributed by atoms with Gasteiger partial charge in [0.1, 0.15) is 0 Å². The fraction of sp³-hybridized carbons (Fsp3) is 1.00. The van der Waals surface area contributed by atoms with E-state index in [1.807, 2.05) is 0 Å². The Hall–Kier alpha value is 0.434. The van der Waals surface area contributed by atoms with Gasteiger partial charge in [0.25, 0.3) is 0 Å². The average Bonchev–Trinajstić information content (AvgIpc) is 2.29. The molecule has 2 heteroatoms. The normalized spacial score (nSPS) is 15.0. The van der Waals surface area contributed by atoms with Crippen LogP contribution in [0, 0.1) is 0 Å². The first-order valence-corrected chi connectivity index (χ1v) is 14.3. The van der Waals surface area contributed by atoms with Gasteiger partial charge in [-0.25, -0.2) is 0 Å². The average molecular weight is 259 g/mol. The summed E-state index contributed by atoms with van der Waals surface area (Å²) in [7, 11) is -0.503. The van der Waals surface area contributed by atoms with Crippen LogP contribution in [-0.2, 0) is 0 Å². The second-order valence-electron chi connectivity index (χ2n) is 5.65. The molecule has 0 amide bonds. The molecule has 0 bridgehead atoms. The molecule has 16 heavy (non-hydrogen) atoms. The number of hydrogen-bond acceptors (Lipinski definition) is 0. The van der Waals surface area contributed by atoms with E-state index in [4.69, 9.17) is 0 Å². The van der Waals surface area contributed by atoms with Crippen molar-refractivity contribution in [3.63, 3.8) is 0 Å². The summed E-state index contributed by atoms with van der Waals surface area (Å²) in [5.41, 5.74) is 0. The highest BCUT2D eigenvalue weighted by Crippen LogP contribution is 2.13. The summed E-state index contributed by atoms with van der Waals surface area (Å²) in [4.78, 5) is 0. The molecule has 0 fully saturated rings. The molecule has 0 nitrogen and oxygen atoms in total. The van der Waals surface area contributed by atoms with E-state index in [0.29, 0.717) is 0 Å². The van der Waals surface area contributed by atoms with E-state index in [0.717, 1.165) is 0 Å². The lowest BCUT2D eigenvalue weighted by Gasteiger charge is -2.17. The van der Waals surface area contributed by atoms with Gasteiger partial charge in [0.2, 0.25) is 0 Å². The summed E-state index contributed by atoms with van der Waals surface area (Å²) in [6.45, 7) is 9.93. The monoisotopic (exact) mass is 258 g/mol. The lowest BCUT2D eigenvalue weighted by Crippen LogP contribution is -2.29. The van der Waals surface area contributed by atoms with Crippen LogP contribution in [0.1, 0.15) is 65.2 Å². The van der Waals surface area contributed by atoms with Crippen LogP contribution in [-0.4, -0.2) is 16.6 Å². The van der Waals surface area contributed by atoms with Gasteiger partial charge in [-0.1, -0.05) is 90.4 Å². The summed E-state index contributed by atoms with van der Waals surface area (Å²) < 4.78 is 0. The van der Waals surface area contributed by atoms with E-state index in [-0.39, 0.29) is 16.6 Å². The zero-order valence-corrected chi connectivity index (χ0v) is 14.5. The molecule has 0 spiro atoms. The van der Waals surface area contributed by atoms with E-state index in [2.05, 4.69) is 26.9 Å². The Bertz CT molecular complexity index is 121. The van der Waals surface area contributed by atoms with Gasteiger partial charge in [0.05, 0.1) is 0 Å². The van der Waals surface area contributed by atoms with E-state index < -0.39 is 0 Å². The second-order valence-corrected chi connectivity index (χ2v) is 17.5. The lowest BCUT2D eigenvalue weighted by atomic mass is 10.2. The van der Waals surface area contributed by atoms with Crippen molar-refractivity contribution >= 4 is 16.6 Å². The Kier molecular flexibility index (Phi) is 12.2. The molecular weight excluding hydrogens is 224 g/mol. The van der Waals surface area contributed by atoms with Crippen LogP contribution in [0.3, 0.4) is 0 Å². The van der Waals surface area contributed by atoms with Crippen molar-refractivity contribution in [2.75, 3.05) is 0 Å². The van der Waals surface area contributed by atoms with Crippen molar-refractivity contribution in [3.05, 3.63) is 0 Å². The molecule has 0 aliphatic heterocycles. The molecule has 98 valence electrons. The molecule has 0 aromatic heterocycles. The van der Waals surface area contributed by atoms with Crippen LogP contribution < -0.4 is 0 Å². The third kappa shape index (κ3) is 9.64. The molecule has 2 atom stereocenters. The van der Waals surface area contributed by atoms with Gasteiger partial charge >= 0.3 is 0 Å². The van der Waals surface area contributed by atoms with Gasteiger partial charge < -0.3 is 0 Å². The minimum Gasteiger partial charge on any atom is -0.0741 e. The number of rotatable bonds is 11. The molecule has 0 saturated heterocycles. The van der Waals surface area contributed by atoms with Gasteiger partial charge in [-0.05, 0) is 0 Å². The smallest absolute Gasteiger partial charge is 0.0246 e. The maximum Gasteiger partial charge on any atom is 0.0246 e. The third-order valence-electron chi connectivity index (χ3n) is 4.00. The van der Waals surface area contributed by atoms with Crippen LogP contribution >= 0.6 is 0 Å². The Labute approximate surface area is 107 Å². The summed E-state index contributed by atoms with van der Waals surface area (Å²) in [6, 6.07) is 3.31. The van der Waals surface area contributed by atoms with Gasteiger partial charge in [-0.3, -0.25) is 0 Å². The van der Waals surface area contributed by atoms with Crippen LogP contribution in [0.5, 0.6) is 0 Å². The molecule has 2 unspecified atom stereocenters. The quantitative estimate of drug-likeness (QED) is 0.364. The molecule has 0 saturated carbocycles. The molecule has 0 N–H and O–H groups in total. The van der Waals surface area contributed by atoms with Gasteiger partial charge in [0, 0.05) is 16.6 Å². The van der Waals surface area contributed by atoms with E-state index >= 15 is 0 Å². The standard InChI is InChI=1S/C14H34Si2/c1-5-7-9-11-13-15(3)16(4)14-12-10-8-6-2/h15-16H,5-14H2,1-4H3. The van der Waals surface area contributed by atoms with Crippen molar-refractivity contribution in [3.8, 4) is 0 Å². The lowest BCUT2D eigenvalue weighted by molar-refractivity contribution is 0.697. The van der Waals surface area contributed by atoms with Crippen molar-refractivity contribution in [2.45, 2.75) is 90.4 Å². The highest BCUT2D eigenvalue weighted by Gasteiger charge is 2.13. The first kappa shape index (κ1) is 16.4. The highest BCUT2D eigenvalue weighted by atomic mass is 29.2. The van der Waals surface area contributed by atoms with Crippen molar-refractivity contribution < 1.29 is 0 Å². The van der Waals surface area contributed by atoms with Crippen LogP contribution in [0.4, 0.5) is 0 Å². The zero-order chi connectivity index (χ0) is 12.2. The van der Waals surface area contributed by atoms with Crippen LogP contribution in [0.25, 0.3) is 0 Å². The van der Waals surface area contributed by atoms with Crippen LogP contribution in [0.2, 0.25) is 25.2 Å². The minimum absolute atomic E-state index is 0.252. The largest absolute Gasteiger partial charge is 0.0741 e. The summed E-state index contributed by atoms with van der Waals surface area (Å²) in [6.07, 6.45) is 11.8. The fourth-order valence-electron chi connectivity index (χ4n) is 2.36. The Morgan fingerprint density at radius 3 is 1.25 bits per heavy atom. The Morgan fingerprint density at radius 2 is 0.938 bits per heavy atom. The summed E-state index contributed by atoms with van der Waals surface area (Å²) >= 11 is 0. The van der Waals surface area contributed by atoms with Crippen molar-refractivity contribution in [2.24, 2.45) is 0 Å². The van der Waals surface area contributed by atoms with Crippen LogP contribution in [0.15, 0.2) is 0 Å². The molecule has 0 aromatic rings. The van der Waals surface area contributed by atoms with Gasteiger partial charge in [-0.2, -0.15) is 0 Å². The first-order chi connectivity index (χ1) is 7.72. The molecule has 0 radical (unpaired) electrons. The van der Waals surface area contributed by atoms with E-state index in [1.165, 1.54) is 38.5 Å². The molecule has 0 aliphatic rings. The number of hydrogen-bond donors (Lipinski definition) is 0. The maximum absolute atomic E-state index is 2.66. The highest BCUT2D eigenvalue weighted by molar-refractivity contribution is 7.21. The second kappa shape index (κ2) is 11.9. The summed E-state index contributed by atoms with van der Waals surface area (Å²) in [5.74, 6) is 0. The Balaban J connectivity index is 3.38. The SMILES string of the molecule is CCCCCC[SiH](C)[SiH](C)CCCCCC. The summed E-state index contributed by atoms with van der Waals surface area (Å²) in [5, 5.41) is 0. The maximum atomic E-state index is 2.66. The molecule has 0 heterocycles. The minimum atomic E-state index is -0.252. The van der Waals surface area contributed by atoms with Crippen molar-refractivity contribution in [1.82, 2.24) is 0 Å². The predicted octanol–water partition coefficient (Wildman–Crippen LogP) is 4.94. The van der Waals surface area contributed by atoms with E-state index in [1.54, 1.807) is 24.9 Å². The molecular formula is C14H34Si2. The first-order valence-electron chi connectivity index (χ1n) is 7.72. The zero-order valence-electron chi connectivity index (χ0n) is 12.2. The van der Waals surface area contributed by atoms with Gasteiger partial charge in [-0.15, -0.1) is 0 Å². The number of unbranched alkanes of at least 4 members (excludes halogenated alkanes) is 6. The topological polar surface area (TPSA) is 0 Å². The van der Waals surface area contributed by atoms with Gasteiger partial charge in [0.15, 0.2) is 0 Å².